The second-order valence-electron chi connectivity index (χ2n) is 3.83. The van der Waals surface area contributed by atoms with Gasteiger partial charge < -0.3 is 10.6 Å². The normalized spacial score (nSPS) is 15.6. The summed E-state index contributed by atoms with van der Waals surface area (Å²) in [6, 6.07) is 3.38. The number of carbonyl (C=O) groups is 1. The number of hydrogen-bond donors (Lipinski definition) is 2. The molecule has 0 radical (unpaired) electrons. The molecule has 0 saturated carbocycles. The second kappa shape index (κ2) is 4.57. The molecule has 1 aromatic rings. The first-order valence-corrected chi connectivity index (χ1v) is 5.11. The average Bonchev–Trinajstić information content (AvgIpc) is 2.15. The number of hydrogen-bond acceptors (Lipinski definition) is 2. The molecule has 0 aliphatic carbocycles. The van der Waals surface area contributed by atoms with Crippen LogP contribution < -0.4 is 10.6 Å². The van der Waals surface area contributed by atoms with E-state index in [4.69, 9.17) is 0 Å². The average molecular weight is 226 g/mol. The smallest absolute Gasteiger partial charge is 0.257 e. The van der Waals surface area contributed by atoms with E-state index in [1.54, 1.807) is 0 Å². The molecule has 0 aromatic heterocycles. The molecule has 0 bridgehead atoms. The Hall–Kier alpha value is -1.49. The van der Waals surface area contributed by atoms with Gasteiger partial charge >= 0.3 is 0 Å². The molecule has 86 valence electrons. The van der Waals surface area contributed by atoms with Crippen LogP contribution in [-0.4, -0.2) is 25.5 Å². The summed E-state index contributed by atoms with van der Waals surface area (Å²) in [6.45, 7) is 2.11. The maximum Gasteiger partial charge on any atom is 0.257 e. The van der Waals surface area contributed by atoms with E-state index in [-0.39, 0.29) is 0 Å². The van der Waals surface area contributed by atoms with Crippen molar-refractivity contribution < 1.29 is 13.6 Å². The molecule has 2 N–H and O–H groups in total. The van der Waals surface area contributed by atoms with Gasteiger partial charge in [-0.05, 0) is 12.1 Å². The molecule has 2 rings (SSSR count). The summed E-state index contributed by atoms with van der Waals surface area (Å²) in [4.78, 5) is 11.5. The lowest BCUT2D eigenvalue weighted by Gasteiger charge is -2.27. The van der Waals surface area contributed by atoms with E-state index < -0.39 is 23.1 Å². The van der Waals surface area contributed by atoms with Crippen LogP contribution in [-0.2, 0) is 0 Å². The monoisotopic (exact) mass is 226 g/mol. The van der Waals surface area contributed by atoms with Gasteiger partial charge in [0.15, 0.2) is 0 Å². The van der Waals surface area contributed by atoms with Crippen molar-refractivity contribution in [2.75, 3.05) is 19.6 Å². The Morgan fingerprint density at radius 1 is 1.38 bits per heavy atom. The standard InChI is InChI=1S/C11H12F2N2O/c12-8-2-1-3-9(13)10(8)11(16)15-6-7-4-14-5-7/h1-3,7,14H,4-6H2,(H,15,16). The predicted molar refractivity (Wildman–Crippen MR) is 55.1 cm³/mol. The molecule has 1 aliphatic heterocycles. The third kappa shape index (κ3) is 2.19. The fourth-order valence-corrected chi connectivity index (χ4v) is 1.53. The Morgan fingerprint density at radius 2 is 2.00 bits per heavy atom. The number of carbonyl (C=O) groups excluding carboxylic acids is 1. The highest BCUT2D eigenvalue weighted by atomic mass is 19.1. The molecule has 0 spiro atoms. The van der Waals surface area contributed by atoms with Gasteiger partial charge in [0.05, 0.1) is 0 Å². The molecule has 1 heterocycles. The first kappa shape index (κ1) is 11.0. The van der Waals surface area contributed by atoms with Crippen LogP contribution in [0.1, 0.15) is 10.4 Å². The van der Waals surface area contributed by atoms with Gasteiger partial charge in [-0.15, -0.1) is 0 Å². The zero-order valence-electron chi connectivity index (χ0n) is 8.59. The van der Waals surface area contributed by atoms with Crippen LogP contribution in [0.4, 0.5) is 8.78 Å². The lowest BCUT2D eigenvalue weighted by Crippen LogP contribution is -2.48. The minimum Gasteiger partial charge on any atom is -0.351 e. The largest absolute Gasteiger partial charge is 0.351 e. The number of amides is 1. The Balaban J connectivity index is 2.02. The first-order chi connectivity index (χ1) is 7.68. The molecule has 1 aliphatic rings. The Labute approximate surface area is 91.8 Å². The van der Waals surface area contributed by atoms with Gasteiger partial charge in [-0.1, -0.05) is 6.07 Å². The van der Waals surface area contributed by atoms with Crippen LogP contribution >= 0.6 is 0 Å². The van der Waals surface area contributed by atoms with Gasteiger partial charge in [0, 0.05) is 25.6 Å². The zero-order valence-corrected chi connectivity index (χ0v) is 8.59. The van der Waals surface area contributed by atoms with E-state index in [0.717, 1.165) is 25.2 Å². The van der Waals surface area contributed by atoms with Crippen molar-refractivity contribution >= 4 is 5.91 Å². The van der Waals surface area contributed by atoms with Gasteiger partial charge in [-0.3, -0.25) is 4.79 Å². The maximum absolute atomic E-state index is 13.2. The van der Waals surface area contributed by atoms with E-state index in [1.807, 2.05) is 0 Å². The molecule has 1 saturated heterocycles. The lowest BCUT2D eigenvalue weighted by atomic mass is 10.0. The minimum atomic E-state index is -0.829. The van der Waals surface area contributed by atoms with E-state index >= 15 is 0 Å². The van der Waals surface area contributed by atoms with Crippen LogP contribution in [0, 0.1) is 17.6 Å². The molecular weight excluding hydrogens is 214 g/mol. The topological polar surface area (TPSA) is 41.1 Å². The predicted octanol–water partition coefficient (Wildman–Crippen LogP) is 0.914. The van der Waals surface area contributed by atoms with Crippen molar-refractivity contribution in [3.63, 3.8) is 0 Å². The molecule has 1 amide bonds. The lowest BCUT2D eigenvalue weighted by molar-refractivity contribution is 0.0933. The summed E-state index contributed by atoms with van der Waals surface area (Å²) in [5.41, 5.74) is -0.505. The molecule has 1 fully saturated rings. The van der Waals surface area contributed by atoms with Crippen LogP contribution in [0.3, 0.4) is 0 Å². The summed E-state index contributed by atoms with van der Waals surface area (Å²) >= 11 is 0. The Bertz CT molecular complexity index is 385. The fraction of sp³-hybridized carbons (Fsp3) is 0.364. The highest BCUT2D eigenvalue weighted by molar-refractivity contribution is 5.94. The van der Waals surface area contributed by atoms with Gasteiger partial charge in [0.1, 0.15) is 17.2 Å². The van der Waals surface area contributed by atoms with Crippen molar-refractivity contribution in [3.05, 3.63) is 35.4 Å². The van der Waals surface area contributed by atoms with Gasteiger partial charge in [0.25, 0.3) is 5.91 Å². The van der Waals surface area contributed by atoms with E-state index in [1.165, 1.54) is 6.07 Å². The van der Waals surface area contributed by atoms with Crippen molar-refractivity contribution in [3.8, 4) is 0 Å². The molecule has 0 unspecified atom stereocenters. The van der Waals surface area contributed by atoms with Crippen molar-refractivity contribution in [2.45, 2.75) is 0 Å². The van der Waals surface area contributed by atoms with Crippen LogP contribution in [0.15, 0.2) is 18.2 Å². The summed E-state index contributed by atoms with van der Waals surface area (Å²) in [7, 11) is 0. The van der Waals surface area contributed by atoms with Crippen LogP contribution in [0.5, 0.6) is 0 Å². The van der Waals surface area contributed by atoms with Crippen molar-refractivity contribution in [1.82, 2.24) is 10.6 Å². The third-order valence-electron chi connectivity index (χ3n) is 2.61. The molecule has 16 heavy (non-hydrogen) atoms. The van der Waals surface area contributed by atoms with E-state index in [0.29, 0.717) is 12.5 Å². The fourth-order valence-electron chi connectivity index (χ4n) is 1.53. The van der Waals surface area contributed by atoms with Gasteiger partial charge in [-0.25, -0.2) is 8.78 Å². The zero-order chi connectivity index (χ0) is 11.5. The molecular formula is C11H12F2N2O. The molecule has 0 atom stereocenters. The van der Waals surface area contributed by atoms with Crippen molar-refractivity contribution in [2.24, 2.45) is 5.92 Å². The van der Waals surface area contributed by atoms with E-state index in [2.05, 4.69) is 10.6 Å². The summed E-state index contributed by atoms with van der Waals surface area (Å²) in [5.74, 6) is -1.99. The van der Waals surface area contributed by atoms with Gasteiger partial charge in [-0.2, -0.15) is 0 Å². The molecule has 1 aromatic carbocycles. The molecule has 3 nitrogen and oxygen atoms in total. The van der Waals surface area contributed by atoms with Gasteiger partial charge in [0.2, 0.25) is 0 Å². The van der Waals surface area contributed by atoms with E-state index in [9.17, 15) is 13.6 Å². The third-order valence-corrected chi connectivity index (χ3v) is 2.61. The number of nitrogens with one attached hydrogen (secondary N) is 2. The quantitative estimate of drug-likeness (QED) is 0.804. The highest BCUT2D eigenvalue weighted by Crippen LogP contribution is 2.12. The first-order valence-electron chi connectivity index (χ1n) is 5.11. The van der Waals surface area contributed by atoms with Crippen molar-refractivity contribution in [1.29, 1.82) is 0 Å². The molecule has 5 heteroatoms. The van der Waals surface area contributed by atoms with Crippen LogP contribution in [0.2, 0.25) is 0 Å². The summed E-state index contributed by atoms with van der Waals surface area (Å²) in [5, 5.41) is 5.57. The number of benzene rings is 1. The Morgan fingerprint density at radius 3 is 2.50 bits per heavy atom. The highest BCUT2D eigenvalue weighted by Gasteiger charge is 2.20. The maximum atomic E-state index is 13.2. The summed E-state index contributed by atoms with van der Waals surface area (Å²) < 4.78 is 26.4. The Kier molecular flexibility index (Phi) is 3.14. The second-order valence-corrected chi connectivity index (χ2v) is 3.83. The summed E-state index contributed by atoms with van der Waals surface area (Å²) in [6.07, 6.45) is 0. The minimum absolute atomic E-state index is 0.360. The number of rotatable bonds is 3. The van der Waals surface area contributed by atoms with Crippen LogP contribution in [0.25, 0.3) is 0 Å². The SMILES string of the molecule is O=C(NCC1CNC1)c1c(F)cccc1F. The number of halogens is 2.